The van der Waals surface area contributed by atoms with Gasteiger partial charge >= 0.3 is 6.09 Å². The minimum atomic E-state index is -0.566. The highest BCUT2D eigenvalue weighted by Crippen LogP contribution is 2.51. The number of nitrogens with two attached hydrogens (primary N) is 1. The van der Waals surface area contributed by atoms with Gasteiger partial charge in [0.15, 0.2) is 0 Å². The Morgan fingerprint density at radius 2 is 1.91 bits per heavy atom. The van der Waals surface area contributed by atoms with Crippen LogP contribution < -0.4 is 11.1 Å². The zero-order valence-electron chi connectivity index (χ0n) is 19.7. The molecule has 1 aromatic heterocycles. The Morgan fingerprint density at radius 3 is 2.50 bits per heavy atom. The van der Waals surface area contributed by atoms with E-state index in [1.54, 1.807) is 11.9 Å². The zero-order chi connectivity index (χ0) is 24.8. The molecule has 0 bridgehead atoms. The van der Waals surface area contributed by atoms with Crippen molar-refractivity contribution >= 4 is 40.7 Å². The Labute approximate surface area is 202 Å². The molecule has 0 unspecified atom stereocenters. The molecule has 4 rings (SSSR count). The first-order chi connectivity index (χ1) is 15.9. The predicted molar refractivity (Wildman–Crippen MR) is 129 cm³/mol. The molecule has 3 N–H and O–H groups in total. The number of nitrogens with zero attached hydrogens (tertiary/aromatic N) is 3. The van der Waals surface area contributed by atoms with Gasteiger partial charge in [-0.15, -0.1) is 0 Å². The van der Waals surface area contributed by atoms with Crippen molar-refractivity contribution in [2.45, 2.75) is 45.6 Å². The summed E-state index contributed by atoms with van der Waals surface area (Å²) in [4.78, 5) is 27.1. The second-order valence-corrected chi connectivity index (χ2v) is 10.4. The minimum absolute atomic E-state index is 0.0294. The molecule has 2 amide bonds. The largest absolute Gasteiger partial charge is 0.444 e. The highest BCUT2D eigenvalue weighted by molar-refractivity contribution is 6.31. The molecule has 1 fully saturated rings. The number of carbonyl (C=O) groups excluding carboxylic acids is 2. The van der Waals surface area contributed by atoms with Crippen LogP contribution in [-0.4, -0.2) is 45.4 Å². The Morgan fingerprint density at radius 1 is 1.26 bits per heavy atom. The topological polar surface area (TPSA) is 102 Å². The molecule has 182 valence electrons. The Kier molecular flexibility index (Phi) is 6.10. The van der Waals surface area contributed by atoms with Gasteiger partial charge in [0.1, 0.15) is 28.5 Å². The number of rotatable bonds is 3. The first kappa shape index (κ1) is 24.1. The monoisotopic (exact) mass is 489 g/mol. The number of likely N-dealkylation sites (tertiary alicyclic amines) is 1. The number of halogens is 2. The summed E-state index contributed by atoms with van der Waals surface area (Å²) >= 11 is 5.83. The fraction of sp³-hybridized carbons (Fsp3) is 0.458. The smallest absolute Gasteiger partial charge is 0.410 e. The molecule has 0 atom stereocenters. The van der Waals surface area contributed by atoms with Crippen molar-refractivity contribution in [2.24, 2.45) is 12.5 Å². The average molecular weight is 490 g/mol. The van der Waals surface area contributed by atoms with E-state index in [1.807, 2.05) is 20.8 Å². The Balaban J connectivity index is 1.48. The van der Waals surface area contributed by atoms with E-state index in [9.17, 15) is 14.0 Å². The Hall–Kier alpha value is -3.07. The molecule has 2 aromatic rings. The van der Waals surface area contributed by atoms with Crippen molar-refractivity contribution in [3.8, 4) is 0 Å². The lowest BCUT2D eigenvalue weighted by atomic mass is 9.64. The lowest BCUT2D eigenvalue weighted by Crippen LogP contribution is -2.46. The van der Waals surface area contributed by atoms with E-state index >= 15 is 0 Å². The van der Waals surface area contributed by atoms with E-state index < -0.39 is 17.3 Å². The highest BCUT2D eigenvalue weighted by Gasteiger charge is 2.43. The van der Waals surface area contributed by atoms with Gasteiger partial charge in [0, 0.05) is 25.8 Å². The number of aromatic nitrogens is 2. The van der Waals surface area contributed by atoms with Crippen molar-refractivity contribution in [3.05, 3.63) is 46.4 Å². The van der Waals surface area contributed by atoms with Gasteiger partial charge in [0.2, 0.25) is 0 Å². The number of nitrogen functional groups attached to an aromatic ring is 1. The molecular weight excluding hydrogens is 461 g/mol. The maximum Gasteiger partial charge on any atom is 0.410 e. The summed E-state index contributed by atoms with van der Waals surface area (Å²) in [5.74, 6) is -0.768. The molecule has 1 aliphatic carbocycles. The molecule has 1 aromatic carbocycles. The molecular formula is C24H29ClFN5O3. The van der Waals surface area contributed by atoms with Gasteiger partial charge in [-0.05, 0) is 69.2 Å². The number of aryl methyl sites for hydroxylation is 1. The molecule has 2 heterocycles. The lowest BCUT2D eigenvalue weighted by molar-refractivity contribution is 0.0137. The summed E-state index contributed by atoms with van der Waals surface area (Å²) in [6.07, 6.45) is 4.23. The highest BCUT2D eigenvalue weighted by atomic mass is 35.5. The number of ether oxygens (including phenoxy) is 1. The van der Waals surface area contributed by atoms with E-state index in [0.717, 1.165) is 24.8 Å². The van der Waals surface area contributed by atoms with Crippen LogP contribution in [0.2, 0.25) is 5.02 Å². The van der Waals surface area contributed by atoms with Crippen LogP contribution in [0.15, 0.2) is 24.3 Å². The van der Waals surface area contributed by atoms with Gasteiger partial charge in [-0.3, -0.25) is 9.48 Å². The third-order valence-electron chi connectivity index (χ3n) is 6.23. The van der Waals surface area contributed by atoms with Gasteiger partial charge < -0.3 is 20.7 Å². The van der Waals surface area contributed by atoms with Crippen LogP contribution in [0, 0.1) is 11.2 Å². The summed E-state index contributed by atoms with van der Waals surface area (Å²) < 4.78 is 20.4. The van der Waals surface area contributed by atoms with Crippen LogP contribution in [0.4, 0.5) is 20.7 Å². The van der Waals surface area contributed by atoms with Gasteiger partial charge in [0.05, 0.1) is 5.02 Å². The van der Waals surface area contributed by atoms with Crippen LogP contribution in [-0.2, 0) is 11.8 Å². The maximum absolute atomic E-state index is 13.5. The number of benzene rings is 1. The first-order valence-corrected chi connectivity index (χ1v) is 11.5. The number of piperidine rings is 1. The fourth-order valence-corrected chi connectivity index (χ4v) is 4.59. The third kappa shape index (κ3) is 4.75. The number of hydrogen-bond acceptors (Lipinski definition) is 5. The van der Waals surface area contributed by atoms with Crippen LogP contribution in [0.3, 0.4) is 0 Å². The SMILES string of the molecule is Cn1nc(C2=CC3(CCN(C(=O)OC(C)(C)C)CC3)C2)c(C(=O)Nc2ccc(F)c(Cl)c2)c1N. The number of nitrogens with one attached hydrogen (secondary N) is 1. The van der Waals surface area contributed by atoms with E-state index in [2.05, 4.69) is 16.5 Å². The van der Waals surface area contributed by atoms with Crippen molar-refractivity contribution in [3.63, 3.8) is 0 Å². The standard InChI is InChI=1S/C24H29ClFN5O3/c1-23(2,3)34-22(33)31-9-7-24(8-10-31)12-14(13-24)19-18(20(27)30(4)29-19)21(32)28-15-5-6-17(26)16(25)11-15/h5-6,11-12H,7-10,13,27H2,1-4H3,(H,28,32). The summed E-state index contributed by atoms with van der Waals surface area (Å²) in [5, 5.41) is 7.12. The average Bonchev–Trinajstić information content (AvgIpc) is 3.02. The van der Waals surface area contributed by atoms with E-state index in [-0.39, 0.29) is 27.9 Å². The summed E-state index contributed by atoms with van der Waals surface area (Å²) in [5.41, 5.74) is 7.73. The molecule has 34 heavy (non-hydrogen) atoms. The summed E-state index contributed by atoms with van der Waals surface area (Å²) in [6, 6.07) is 3.96. The van der Waals surface area contributed by atoms with Gasteiger partial charge in [0.25, 0.3) is 5.91 Å². The van der Waals surface area contributed by atoms with Crippen molar-refractivity contribution in [2.75, 3.05) is 24.1 Å². The fourth-order valence-electron chi connectivity index (χ4n) is 4.41. The molecule has 1 spiro atoms. The second-order valence-electron chi connectivity index (χ2n) is 9.99. The molecule has 0 radical (unpaired) electrons. The van der Waals surface area contributed by atoms with Gasteiger partial charge in [-0.1, -0.05) is 17.7 Å². The summed E-state index contributed by atoms with van der Waals surface area (Å²) in [6.45, 7) is 6.79. The maximum atomic E-state index is 13.5. The molecule has 8 nitrogen and oxygen atoms in total. The molecule has 0 saturated carbocycles. The zero-order valence-corrected chi connectivity index (χ0v) is 20.5. The number of amides is 2. The molecule has 10 heteroatoms. The van der Waals surface area contributed by atoms with Crippen molar-refractivity contribution < 1.29 is 18.7 Å². The van der Waals surface area contributed by atoms with Crippen LogP contribution >= 0.6 is 11.6 Å². The van der Waals surface area contributed by atoms with E-state index in [0.29, 0.717) is 24.5 Å². The Bertz CT molecular complexity index is 1180. The number of anilines is 2. The number of allylic oxidation sites excluding steroid dienone is 2. The molecule has 2 aliphatic rings. The van der Waals surface area contributed by atoms with E-state index in [4.69, 9.17) is 22.1 Å². The van der Waals surface area contributed by atoms with Gasteiger partial charge in [-0.2, -0.15) is 5.10 Å². The van der Waals surface area contributed by atoms with Crippen LogP contribution in [0.25, 0.3) is 5.57 Å². The number of hydrogen-bond donors (Lipinski definition) is 2. The lowest BCUT2D eigenvalue weighted by Gasteiger charge is -2.45. The van der Waals surface area contributed by atoms with Crippen molar-refractivity contribution in [1.82, 2.24) is 14.7 Å². The van der Waals surface area contributed by atoms with Crippen LogP contribution in [0.5, 0.6) is 0 Å². The van der Waals surface area contributed by atoms with Gasteiger partial charge in [-0.25, -0.2) is 9.18 Å². The quantitative estimate of drug-likeness (QED) is 0.641. The first-order valence-electron chi connectivity index (χ1n) is 11.2. The second kappa shape index (κ2) is 8.61. The normalized spacial score (nSPS) is 17.2. The minimum Gasteiger partial charge on any atom is -0.444 e. The predicted octanol–water partition coefficient (Wildman–Crippen LogP) is 4.85. The van der Waals surface area contributed by atoms with Crippen LogP contribution in [0.1, 0.15) is 56.1 Å². The van der Waals surface area contributed by atoms with Crippen molar-refractivity contribution in [1.29, 1.82) is 0 Å². The van der Waals surface area contributed by atoms with E-state index in [1.165, 1.54) is 22.9 Å². The number of carbonyl (C=O) groups is 2. The third-order valence-corrected chi connectivity index (χ3v) is 6.52. The summed E-state index contributed by atoms with van der Waals surface area (Å²) in [7, 11) is 1.68. The molecule has 1 saturated heterocycles. The molecule has 1 aliphatic heterocycles.